The SMILES string of the molecule is CCCCC(O)NN=O. The zero-order valence-electron chi connectivity index (χ0n) is 5.50. The van der Waals surface area contributed by atoms with Crippen molar-refractivity contribution in [2.45, 2.75) is 32.4 Å². The molecular weight excluding hydrogens is 120 g/mol. The first-order valence-corrected chi connectivity index (χ1v) is 3.07. The van der Waals surface area contributed by atoms with Gasteiger partial charge in [-0.1, -0.05) is 13.3 Å². The average Bonchev–Trinajstić information content (AvgIpc) is 1.85. The van der Waals surface area contributed by atoms with E-state index >= 15 is 0 Å². The van der Waals surface area contributed by atoms with Gasteiger partial charge in [-0.2, -0.15) is 0 Å². The van der Waals surface area contributed by atoms with E-state index in [1.807, 2.05) is 12.3 Å². The molecule has 9 heavy (non-hydrogen) atoms. The molecule has 0 spiro atoms. The van der Waals surface area contributed by atoms with Crippen molar-refractivity contribution in [3.05, 3.63) is 4.91 Å². The minimum absolute atomic E-state index is 0.586. The topological polar surface area (TPSA) is 61.7 Å². The molecule has 0 aliphatic carbocycles. The van der Waals surface area contributed by atoms with E-state index in [1.165, 1.54) is 0 Å². The molecule has 0 aliphatic rings. The fraction of sp³-hybridized carbons (Fsp3) is 1.00. The molecule has 0 fully saturated rings. The van der Waals surface area contributed by atoms with Gasteiger partial charge >= 0.3 is 0 Å². The largest absolute Gasteiger partial charge is 0.372 e. The summed E-state index contributed by atoms with van der Waals surface area (Å²) in [7, 11) is 0. The molecule has 0 radical (unpaired) electrons. The lowest BCUT2D eigenvalue weighted by molar-refractivity contribution is 0.126. The van der Waals surface area contributed by atoms with Gasteiger partial charge in [0.25, 0.3) is 0 Å². The highest BCUT2D eigenvalue weighted by Gasteiger charge is 1.98. The van der Waals surface area contributed by atoms with Crippen LogP contribution in [0.25, 0.3) is 0 Å². The van der Waals surface area contributed by atoms with Crippen LogP contribution in [-0.4, -0.2) is 11.3 Å². The van der Waals surface area contributed by atoms with Gasteiger partial charge < -0.3 is 5.11 Å². The molecule has 4 nitrogen and oxygen atoms in total. The fourth-order valence-corrected chi connectivity index (χ4v) is 0.523. The highest BCUT2D eigenvalue weighted by Crippen LogP contribution is 1.96. The summed E-state index contributed by atoms with van der Waals surface area (Å²) >= 11 is 0. The standard InChI is InChI=1S/C5H12N2O2/c1-2-3-4-5(8)6-7-9/h5,8H,2-4H2,1H3,(H,6,9). The Hall–Kier alpha value is -0.640. The zero-order valence-corrected chi connectivity index (χ0v) is 5.50. The van der Waals surface area contributed by atoms with E-state index in [0.29, 0.717) is 6.42 Å². The van der Waals surface area contributed by atoms with Crippen molar-refractivity contribution in [2.75, 3.05) is 0 Å². The summed E-state index contributed by atoms with van der Waals surface area (Å²) in [6.45, 7) is 2.01. The lowest BCUT2D eigenvalue weighted by atomic mass is 10.2. The minimum Gasteiger partial charge on any atom is -0.372 e. The van der Waals surface area contributed by atoms with Gasteiger partial charge in [-0.3, -0.25) is 0 Å². The molecule has 1 atom stereocenters. The number of hydrogen-bond acceptors (Lipinski definition) is 3. The van der Waals surface area contributed by atoms with Crippen molar-refractivity contribution >= 4 is 0 Å². The minimum atomic E-state index is -0.762. The summed E-state index contributed by atoms with van der Waals surface area (Å²) in [6, 6.07) is 0. The third kappa shape index (κ3) is 5.23. The van der Waals surface area contributed by atoms with Crippen LogP contribution in [0.2, 0.25) is 0 Å². The van der Waals surface area contributed by atoms with Crippen LogP contribution in [0.3, 0.4) is 0 Å². The first-order valence-electron chi connectivity index (χ1n) is 3.07. The Morgan fingerprint density at radius 3 is 2.89 bits per heavy atom. The Morgan fingerprint density at radius 2 is 2.44 bits per heavy atom. The van der Waals surface area contributed by atoms with Gasteiger partial charge in [0.05, 0.1) is 5.29 Å². The Labute approximate surface area is 54.2 Å². The van der Waals surface area contributed by atoms with Crippen LogP contribution in [0.1, 0.15) is 26.2 Å². The van der Waals surface area contributed by atoms with Gasteiger partial charge in [0, 0.05) is 0 Å². The average molecular weight is 132 g/mol. The maximum Gasteiger partial charge on any atom is 0.142 e. The molecule has 4 heteroatoms. The summed E-state index contributed by atoms with van der Waals surface area (Å²) in [5, 5.41) is 11.1. The molecule has 0 saturated heterocycles. The molecule has 0 aromatic rings. The van der Waals surface area contributed by atoms with Gasteiger partial charge in [0.1, 0.15) is 6.23 Å². The Morgan fingerprint density at radius 1 is 1.78 bits per heavy atom. The van der Waals surface area contributed by atoms with Crippen LogP contribution >= 0.6 is 0 Å². The molecule has 2 N–H and O–H groups in total. The maximum atomic E-state index is 9.46. The molecule has 0 aromatic carbocycles. The van der Waals surface area contributed by atoms with E-state index in [-0.39, 0.29) is 0 Å². The lowest BCUT2D eigenvalue weighted by Crippen LogP contribution is -2.22. The molecule has 1 unspecified atom stereocenters. The Kier molecular flexibility index (Phi) is 5.11. The van der Waals surface area contributed by atoms with Crippen LogP contribution in [0.15, 0.2) is 5.29 Å². The van der Waals surface area contributed by atoms with Crippen LogP contribution < -0.4 is 5.43 Å². The van der Waals surface area contributed by atoms with Crippen molar-refractivity contribution < 1.29 is 5.11 Å². The van der Waals surface area contributed by atoms with Gasteiger partial charge in [-0.25, -0.2) is 5.43 Å². The molecule has 0 aliphatic heterocycles. The normalized spacial score (nSPS) is 12.7. The van der Waals surface area contributed by atoms with Crippen LogP contribution in [0.5, 0.6) is 0 Å². The van der Waals surface area contributed by atoms with Crippen molar-refractivity contribution in [1.29, 1.82) is 0 Å². The van der Waals surface area contributed by atoms with Crippen molar-refractivity contribution in [2.24, 2.45) is 5.29 Å². The highest BCUT2D eigenvalue weighted by atomic mass is 16.3. The van der Waals surface area contributed by atoms with E-state index in [1.54, 1.807) is 0 Å². The number of nitroso groups, excluding NO2 is 1. The van der Waals surface area contributed by atoms with Crippen molar-refractivity contribution in [3.8, 4) is 0 Å². The first-order chi connectivity index (χ1) is 4.31. The number of unbranched alkanes of at least 4 members (excludes halogenated alkanes) is 1. The molecule has 54 valence electrons. The highest BCUT2D eigenvalue weighted by molar-refractivity contribution is 4.47. The predicted octanol–water partition coefficient (Wildman–Crippen LogP) is 0.766. The number of aliphatic hydroxyl groups is 1. The summed E-state index contributed by atoms with van der Waals surface area (Å²) in [5.41, 5.74) is 2.01. The molecule has 0 heterocycles. The van der Waals surface area contributed by atoms with Crippen molar-refractivity contribution in [1.82, 2.24) is 5.43 Å². The lowest BCUT2D eigenvalue weighted by Gasteiger charge is -2.04. The zero-order chi connectivity index (χ0) is 7.11. The molecule has 0 aromatic heterocycles. The van der Waals surface area contributed by atoms with Gasteiger partial charge in [-0.15, -0.1) is 4.91 Å². The first kappa shape index (κ1) is 8.36. The summed E-state index contributed by atoms with van der Waals surface area (Å²) < 4.78 is 0. The quantitative estimate of drug-likeness (QED) is 0.330. The van der Waals surface area contributed by atoms with Gasteiger partial charge in [0.15, 0.2) is 0 Å². The van der Waals surface area contributed by atoms with E-state index in [9.17, 15) is 4.91 Å². The molecule has 0 rings (SSSR count). The summed E-state index contributed by atoms with van der Waals surface area (Å²) in [4.78, 5) is 9.46. The fourth-order valence-electron chi connectivity index (χ4n) is 0.523. The van der Waals surface area contributed by atoms with Crippen LogP contribution in [0.4, 0.5) is 0 Å². The second-order valence-corrected chi connectivity index (χ2v) is 1.88. The van der Waals surface area contributed by atoms with Crippen LogP contribution in [0, 0.1) is 4.91 Å². The Bertz CT molecular complexity index is 77.4. The Balaban J connectivity index is 3.04. The maximum absolute atomic E-state index is 9.46. The van der Waals surface area contributed by atoms with E-state index in [0.717, 1.165) is 12.8 Å². The van der Waals surface area contributed by atoms with Crippen molar-refractivity contribution in [3.63, 3.8) is 0 Å². The molecular formula is C5H12N2O2. The van der Waals surface area contributed by atoms with E-state index in [4.69, 9.17) is 5.11 Å². The van der Waals surface area contributed by atoms with E-state index in [2.05, 4.69) is 5.29 Å². The number of nitrogens with zero attached hydrogens (tertiary/aromatic N) is 1. The third-order valence-electron chi connectivity index (χ3n) is 1.03. The monoisotopic (exact) mass is 132 g/mol. The number of nitrogens with one attached hydrogen (secondary N) is 1. The number of rotatable bonds is 5. The molecule has 0 saturated carbocycles. The third-order valence-corrected chi connectivity index (χ3v) is 1.03. The molecule has 0 bridgehead atoms. The number of hydrogen-bond donors (Lipinski definition) is 2. The van der Waals surface area contributed by atoms with E-state index < -0.39 is 6.23 Å². The summed E-state index contributed by atoms with van der Waals surface area (Å²) in [6.07, 6.45) is 1.74. The van der Waals surface area contributed by atoms with Gasteiger partial charge in [0.2, 0.25) is 0 Å². The second kappa shape index (κ2) is 5.50. The predicted molar refractivity (Wildman–Crippen MR) is 34.5 cm³/mol. The number of aliphatic hydroxyl groups excluding tert-OH is 1. The van der Waals surface area contributed by atoms with Crippen LogP contribution in [-0.2, 0) is 0 Å². The second-order valence-electron chi connectivity index (χ2n) is 1.88. The molecule has 0 amide bonds. The summed E-state index contributed by atoms with van der Waals surface area (Å²) in [5.74, 6) is 0. The smallest absolute Gasteiger partial charge is 0.142 e. The van der Waals surface area contributed by atoms with Gasteiger partial charge in [-0.05, 0) is 12.8 Å².